The summed E-state index contributed by atoms with van der Waals surface area (Å²) in [5, 5.41) is 0. The Kier molecular flexibility index (Phi) is 6.83. The van der Waals surface area contributed by atoms with Crippen LogP contribution >= 0.6 is 24.8 Å². The highest BCUT2D eigenvalue weighted by Gasteiger charge is 2.18. The lowest BCUT2D eigenvalue weighted by atomic mass is 10.0. The van der Waals surface area contributed by atoms with Crippen molar-refractivity contribution in [3.05, 3.63) is 29.6 Å². The first-order chi connectivity index (χ1) is 7.16. The van der Waals surface area contributed by atoms with Gasteiger partial charge in [0.25, 0.3) is 0 Å². The van der Waals surface area contributed by atoms with E-state index in [1.165, 1.54) is 0 Å². The molecule has 1 aromatic carbocycles. The Labute approximate surface area is 114 Å². The summed E-state index contributed by atoms with van der Waals surface area (Å²) in [6.45, 7) is 3.71. The van der Waals surface area contributed by atoms with Crippen LogP contribution in [0.2, 0.25) is 0 Å². The van der Waals surface area contributed by atoms with E-state index in [2.05, 4.69) is 4.90 Å². The van der Waals surface area contributed by atoms with Crippen molar-refractivity contribution in [2.45, 2.75) is 25.8 Å². The van der Waals surface area contributed by atoms with E-state index in [0.717, 1.165) is 37.2 Å². The van der Waals surface area contributed by atoms with Gasteiger partial charge in [-0.3, -0.25) is 0 Å². The molecule has 1 heterocycles. The summed E-state index contributed by atoms with van der Waals surface area (Å²) in [5.41, 5.74) is 7.64. The third-order valence-corrected chi connectivity index (χ3v) is 2.98. The van der Waals surface area contributed by atoms with Gasteiger partial charge in [-0.15, -0.1) is 24.8 Å². The number of rotatable bonds is 1. The maximum absolute atomic E-state index is 13.6. The zero-order valence-electron chi connectivity index (χ0n) is 9.86. The van der Waals surface area contributed by atoms with Crippen molar-refractivity contribution in [1.29, 1.82) is 0 Å². The van der Waals surface area contributed by atoms with Gasteiger partial charge in [-0.25, -0.2) is 4.39 Å². The molecule has 1 saturated heterocycles. The summed E-state index contributed by atoms with van der Waals surface area (Å²) in [6.07, 6.45) is 1.90. The summed E-state index contributed by atoms with van der Waals surface area (Å²) in [7, 11) is 0. The lowest BCUT2D eigenvalue weighted by Crippen LogP contribution is -2.40. The minimum atomic E-state index is -0.129. The largest absolute Gasteiger partial charge is 0.369 e. The standard InChI is InChI=1S/C12H17FN2.2ClH/c1-9-2-3-11(13)12(8-9)15-6-4-10(14)5-7-15;;/h2-3,8,10H,4-7,14H2,1H3;2*1H. The van der Waals surface area contributed by atoms with Crippen LogP contribution in [0.15, 0.2) is 18.2 Å². The summed E-state index contributed by atoms with van der Waals surface area (Å²) >= 11 is 0. The van der Waals surface area contributed by atoms with E-state index in [9.17, 15) is 4.39 Å². The molecular formula is C12H19Cl2FN2. The molecular weight excluding hydrogens is 262 g/mol. The van der Waals surface area contributed by atoms with Crippen molar-refractivity contribution >= 4 is 30.5 Å². The molecule has 2 nitrogen and oxygen atoms in total. The summed E-state index contributed by atoms with van der Waals surface area (Å²) in [5.74, 6) is -0.129. The van der Waals surface area contributed by atoms with Gasteiger partial charge in [0.1, 0.15) is 5.82 Å². The quantitative estimate of drug-likeness (QED) is 0.857. The van der Waals surface area contributed by atoms with Crippen molar-refractivity contribution in [2.24, 2.45) is 5.73 Å². The van der Waals surface area contributed by atoms with Crippen LogP contribution in [0, 0.1) is 12.7 Å². The molecule has 2 N–H and O–H groups in total. The first kappa shape index (κ1) is 16.5. The van der Waals surface area contributed by atoms with E-state index in [1.54, 1.807) is 12.1 Å². The third-order valence-electron chi connectivity index (χ3n) is 2.98. The summed E-state index contributed by atoms with van der Waals surface area (Å²) < 4.78 is 13.6. The van der Waals surface area contributed by atoms with Crippen LogP contribution in [-0.2, 0) is 0 Å². The van der Waals surface area contributed by atoms with Gasteiger partial charge in [0.2, 0.25) is 0 Å². The van der Waals surface area contributed by atoms with E-state index < -0.39 is 0 Å². The van der Waals surface area contributed by atoms with Crippen molar-refractivity contribution < 1.29 is 4.39 Å². The van der Waals surface area contributed by atoms with Gasteiger partial charge in [-0.1, -0.05) is 6.07 Å². The lowest BCUT2D eigenvalue weighted by Gasteiger charge is -2.32. The Morgan fingerprint density at radius 3 is 2.41 bits per heavy atom. The molecule has 0 saturated carbocycles. The molecule has 0 aliphatic carbocycles. The fourth-order valence-corrected chi connectivity index (χ4v) is 2.01. The average Bonchev–Trinajstić information content (AvgIpc) is 2.23. The Bertz CT molecular complexity index is 352. The minimum Gasteiger partial charge on any atom is -0.369 e. The molecule has 0 aromatic heterocycles. The van der Waals surface area contributed by atoms with E-state index >= 15 is 0 Å². The van der Waals surface area contributed by atoms with Gasteiger partial charge in [-0.05, 0) is 37.5 Å². The molecule has 1 aliphatic heterocycles. The molecule has 2 rings (SSSR count). The SMILES string of the molecule is Cc1ccc(F)c(N2CCC(N)CC2)c1.Cl.Cl. The zero-order chi connectivity index (χ0) is 10.8. The number of aryl methyl sites for hydroxylation is 1. The monoisotopic (exact) mass is 280 g/mol. The smallest absolute Gasteiger partial charge is 0.146 e. The number of piperidine rings is 1. The zero-order valence-corrected chi connectivity index (χ0v) is 11.5. The Hall–Kier alpha value is -0.510. The number of halogens is 3. The van der Waals surface area contributed by atoms with Gasteiger partial charge in [-0.2, -0.15) is 0 Å². The minimum absolute atomic E-state index is 0. The molecule has 98 valence electrons. The van der Waals surface area contributed by atoms with Crippen molar-refractivity contribution in [1.82, 2.24) is 0 Å². The van der Waals surface area contributed by atoms with E-state index in [4.69, 9.17) is 5.73 Å². The molecule has 0 atom stereocenters. The number of benzene rings is 1. The summed E-state index contributed by atoms with van der Waals surface area (Å²) in [6, 6.07) is 5.54. The number of anilines is 1. The number of hydrogen-bond donors (Lipinski definition) is 1. The van der Waals surface area contributed by atoms with Crippen LogP contribution in [-0.4, -0.2) is 19.1 Å². The van der Waals surface area contributed by atoms with E-state index in [0.29, 0.717) is 0 Å². The van der Waals surface area contributed by atoms with Gasteiger partial charge in [0.05, 0.1) is 5.69 Å². The Morgan fingerprint density at radius 1 is 1.24 bits per heavy atom. The summed E-state index contributed by atoms with van der Waals surface area (Å²) in [4.78, 5) is 2.09. The highest BCUT2D eigenvalue weighted by Crippen LogP contribution is 2.23. The molecule has 1 aromatic rings. The van der Waals surface area contributed by atoms with E-state index in [1.807, 2.05) is 13.0 Å². The van der Waals surface area contributed by atoms with Gasteiger partial charge in [0.15, 0.2) is 0 Å². The third kappa shape index (κ3) is 4.02. The van der Waals surface area contributed by atoms with Crippen LogP contribution in [0.3, 0.4) is 0 Å². The molecule has 1 fully saturated rings. The molecule has 0 bridgehead atoms. The fraction of sp³-hybridized carbons (Fsp3) is 0.500. The molecule has 0 unspecified atom stereocenters. The maximum Gasteiger partial charge on any atom is 0.146 e. The highest BCUT2D eigenvalue weighted by molar-refractivity contribution is 5.85. The highest BCUT2D eigenvalue weighted by atomic mass is 35.5. The molecule has 5 heteroatoms. The van der Waals surface area contributed by atoms with Crippen LogP contribution in [0.4, 0.5) is 10.1 Å². The van der Waals surface area contributed by atoms with Gasteiger partial charge in [0, 0.05) is 19.1 Å². The van der Waals surface area contributed by atoms with Crippen LogP contribution in [0.1, 0.15) is 18.4 Å². The number of nitrogens with zero attached hydrogens (tertiary/aromatic N) is 1. The fourth-order valence-electron chi connectivity index (χ4n) is 2.01. The second kappa shape index (κ2) is 7.04. The van der Waals surface area contributed by atoms with Crippen molar-refractivity contribution in [2.75, 3.05) is 18.0 Å². The Balaban J connectivity index is 0.00000128. The number of hydrogen-bond acceptors (Lipinski definition) is 2. The second-order valence-corrected chi connectivity index (χ2v) is 4.28. The van der Waals surface area contributed by atoms with Crippen LogP contribution in [0.5, 0.6) is 0 Å². The molecule has 0 amide bonds. The topological polar surface area (TPSA) is 29.3 Å². The predicted octanol–water partition coefficient (Wildman–Crippen LogP) is 2.91. The normalized spacial score (nSPS) is 16.1. The number of nitrogens with two attached hydrogens (primary N) is 1. The van der Waals surface area contributed by atoms with E-state index in [-0.39, 0.29) is 36.7 Å². The predicted molar refractivity (Wildman–Crippen MR) is 75.1 cm³/mol. The first-order valence-corrected chi connectivity index (χ1v) is 5.43. The first-order valence-electron chi connectivity index (χ1n) is 5.43. The maximum atomic E-state index is 13.6. The van der Waals surface area contributed by atoms with Crippen LogP contribution < -0.4 is 10.6 Å². The average molecular weight is 281 g/mol. The molecule has 1 aliphatic rings. The van der Waals surface area contributed by atoms with Crippen LogP contribution in [0.25, 0.3) is 0 Å². The van der Waals surface area contributed by atoms with Gasteiger partial charge >= 0.3 is 0 Å². The lowest BCUT2D eigenvalue weighted by molar-refractivity contribution is 0.494. The van der Waals surface area contributed by atoms with Gasteiger partial charge < -0.3 is 10.6 Å². The molecule has 17 heavy (non-hydrogen) atoms. The molecule has 0 spiro atoms. The molecule has 0 radical (unpaired) electrons. The second-order valence-electron chi connectivity index (χ2n) is 4.28. The van der Waals surface area contributed by atoms with Crippen molar-refractivity contribution in [3.8, 4) is 0 Å². The Morgan fingerprint density at radius 2 is 1.82 bits per heavy atom. The van der Waals surface area contributed by atoms with Crippen molar-refractivity contribution in [3.63, 3.8) is 0 Å².